The standard InChI is InChI=1S/C23H22N2O4/c26-23(10-15-5-6-21-22(9-15)29-14-28-21)25-20-13-27-12-17(20)11-16-7-8-24-19-4-2-1-3-18(16)19/h1-9,17,20H,10-14H2,(H,25,26)/t17-,20-/m1/s1. The molecule has 148 valence electrons. The SMILES string of the molecule is O=C(Cc1ccc2c(c1)OCO2)N[C@@H]1COC[C@H]1Cc1ccnc2ccccc12. The number of aromatic nitrogens is 1. The summed E-state index contributed by atoms with van der Waals surface area (Å²) < 4.78 is 16.4. The maximum atomic E-state index is 12.6. The number of ether oxygens (including phenoxy) is 3. The number of nitrogens with zero attached hydrogens (tertiary/aromatic N) is 1. The molecule has 0 unspecified atom stereocenters. The molecule has 1 aromatic heterocycles. The van der Waals surface area contributed by atoms with Gasteiger partial charge in [-0.15, -0.1) is 0 Å². The largest absolute Gasteiger partial charge is 0.454 e. The molecule has 2 aliphatic heterocycles. The molecule has 1 N–H and O–H groups in total. The van der Waals surface area contributed by atoms with Gasteiger partial charge in [0.25, 0.3) is 0 Å². The van der Waals surface area contributed by atoms with Gasteiger partial charge in [-0.1, -0.05) is 24.3 Å². The molecule has 0 aliphatic carbocycles. The van der Waals surface area contributed by atoms with Gasteiger partial charge in [-0.25, -0.2) is 0 Å². The van der Waals surface area contributed by atoms with E-state index in [0.717, 1.165) is 28.6 Å². The first-order chi connectivity index (χ1) is 14.3. The third kappa shape index (κ3) is 3.76. The highest BCUT2D eigenvalue weighted by molar-refractivity contribution is 5.82. The van der Waals surface area contributed by atoms with Crippen molar-refractivity contribution in [2.24, 2.45) is 5.92 Å². The molecular formula is C23H22N2O4. The number of para-hydroxylation sites is 1. The molecule has 2 atom stereocenters. The van der Waals surface area contributed by atoms with E-state index < -0.39 is 0 Å². The van der Waals surface area contributed by atoms with E-state index in [0.29, 0.717) is 25.4 Å². The van der Waals surface area contributed by atoms with Crippen molar-refractivity contribution in [3.05, 3.63) is 65.9 Å². The maximum absolute atomic E-state index is 12.6. The monoisotopic (exact) mass is 390 g/mol. The molecule has 6 nitrogen and oxygen atoms in total. The molecule has 2 aromatic carbocycles. The van der Waals surface area contributed by atoms with E-state index in [1.807, 2.05) is 42.6 Å². The van der Waals surface area contributed by atoms with Crippen molar-refractivity contribution in [3.63, 3.8) is 0 Å². The van der Waals surface area contributed by atoms with Crippen molar-refractivity contribution < 1.29 is 19.0 Å². The van der Waals surface area contributed by atoms with Crippen LogP contribution in [-0.4, -0.2) is 36.9 Å². The molecule has 1 amide bonds. The van der Waals surface area contributed by atoms with Gasteiger partial charge in [0.1, 0.15) is 0 Å². The number of nitrogens with one attached hydrogen (secondary N) is 1. The summed E-state index contributed by atoms with van der Waals surface area (Å²) in [6.45, 7) is 1.42. The summed E-state index contributed by atoms with van der Waals surface area (Å²) in [5, 5.41) is 4.32. The van der Waals surface area contributed by atoms with Gasteiger partial charge in [-0.05, 0) is 41.8 Å². The van der Waals surface area contributed by atoms with Crippen molar-refractivity contribution in [3.8, 4) is 11.5 Å². The van der Waals surface area contributed by atoms with Crippen LogP contribution in [0.25, 0.3) is 10.9 Å². The van der Waals surface area contributed by atoms with Crippen molar-refractivity contribution in [2.45, 2.75) is 18.9 Å². The summed E-state index contributed by atoms with van der Waals surface area (Å²) in [5.41, 5.74) is 3.13. The van der Waals surface area contributed by atoms with E-state index in [1.165, 1.54) is 5.56 Å². The van der Waals surface area contributed by atoms with Crippen LogP contribution >= 0.6 is 0 Å². The van der Waals surface area contributed by atoms with Crippen molar-refractivity contribution in [2.75, 3.05) is 20.0 Å². The van der Waals surface area contributed by atoms with Crippen LogP contribution in [0.4, 0.5) is 0 Å². The lowest BCUT2D eigenvalue weighted by Gasteiger charge is -2.20. The fourth-order valence-corrected chi connectivity index (χ4v) is 4.07. The van der Waals surface area contributed by atoms with E-state index in [4.69, 9.17) is 14.2 Å². The first kappa shape index (κ1) is 17.9. The normalized spacial score (nSPS) is 20.1. The molecule has 0 radical (unpaired) electrons. The number of carbonyl (C=O) groups is 1. The Morgan fingerprint density at radius 3 is 2.93 bits per heavy atom. The van der Waals surface area contributed by atoms with E-state index in [9.17, 15) is 4.79 Å². The van der Waals surface area contributed by atoms with Gasteiger partial charge in [-0.3, -0.25) is 9.78 Å². The number of amides is 1. The Bertz CT molecular complexity index is 1050. The highest BCUT2D eigenvalue weighted by Gasteiger charge is 2.30. The predicted molar refractivity (Wildman–Crippen MR) is 108 cm³/mol. The third-order valence-corrected chi connectivity index (χ3v) is 5.57. The van der Waals surface area contributed by atoms with Crippen LogP contribution in [-0.2, 0) is 22.4 Å². The molecule has 3 aromatic rings. The quantitative estimate of drug-likeness (QED) is 0.726. The average Bonchev–Trinajstić information content (AvgIpc) is 3.37. The van der Waals surface area contributed by atoms with Gasteiger partial charge in [-0.2, -0.15) is 0 Å². The van der Waals surface area contributed by atoms with Crippen LogP contribution in [0, 0.1) is 5.92 Å². The Balaban J connectivity index is 1.25. The number of fused-ring (bicyclic) bond motifs is 2. The minimum atomic E-state index is -0.0102. The van der Waals surface area contributed by atoms with Crippen LogP contribution in [0.3, 0.4) is 0 Å². The molecular weight excluding hydrogens is 368 g/mol. The second-order valence-corrected chi connectivity index (χ2v) is 7.53. The van der Waals surface area contributed by atoms with Crippen molar-refractivity contribution in [1.82, 2.24) is 10.3 Å². The van der Waals surface area contributed by atoms with E-state index >= 15 is 0 Å². The van der Waals surface area contributed by atoms with Gasteiger partial charge in [0.15, 0.2) is 11.5 Å². The molecule has 5 rings (SSSR count). The Kier molecular flexibility index (Phi) is 4.77. The van der Waals surface area contributed by atoms with Crippen molar-refractivity contribution >= 4 is 16.8 Å². The summed E-state index contributed by atoms with van der Waals surface area (Å²) in [6.07, 6.45) is 3.00. The minimum Gasteiger partial charge on any atom is -0.454 e. The Morgan fingerprint density at radius 2 is 1.97 bits per heavy atom. The van der Waals surface area contributed by atoms with Gasteiger partial charge >= 0.3 is 0 Å². The molecule has 3 heterocycles. The second-order valence-electron chi connectivity index (χ2n) is 7.53. The fraction of sp³-hybridized carbons (Fsp3) is 0.304. The highest BCUT2D eigenvalue weighted by atomic mass is 16.7. The Labute approximate surface area is 168 Å². The Morgan fingerprint density at radius 1 is 1.07 bits per heavy atom. The fourth-order valence-electron chi connectivity index (χ4n) is 4.07. The number of pyridine rings is 1. The van der Waals surface area contributed by atoms with Crippen LogP contribution in [0.1, 0.15) is 11.1 Å². The van der Waals surface area contributed by atoms with Gasteiger partial charge < -0.3 is 19.5 Å². The van der Waals surface area contributed by atoms with Gasteiger partial charge in [0.2, 0.25) is 12.7 Å². The summed E-state index contributed by atoms with van der Waals surface area (Å²) in [7, 11) is 0. The van der Waals surface area contributed by atoms with Gasteiger partial charge in [0.05, 0.1) is 31.2 Å². The zero-order valence-electron chi connectivity index (χ0n) is 16.0. The number of hydrogen-bond acceptors (Lipinski definition) is 5. The zero-order chi connectivity index (χ0) is 19.6. The molecule has 1 saturated heterocycles. The van der Waals surface area contributed by atoms with E-state index in [-0.39, 0.29) is 24.7 Å². The summed E-state index contributed by atoms with van der Waals surface area (Å²) in [6, 6.07) is 15.8. The maximum Gasteiger partial charge on any atom is 0.231 e. The van der Waals surface area contributed by atoms with Crippen LogP contribution < -0.4 is 14.8 Å². The minimum absolute atomic E-state index is 0.00318. The van der Waals surface area contributed by atoms with E-state index in [2.05, 4.69) is 22.4 Å². The first-order valence-electron chi connectivity index (χ1n) is 9.84. The third-order valence-electron chi connectivity index (χ3n) is 5.57. The summed E-state index contributed by atoms with van der Waals surface area (Å²) >= 11 is 0. The van der Waals surface area contributed by atoms with E-state index in [1.54, 1.807) is 0 Å². The molecule has 2 aliphatic rings. The van der Waals surface area contributed by atoms with Crippen LogP contribution in [0.2, 0.25) is 0 Å². The number of benzene rings is 2. The predicted octanol–water partition coefficient (Wildman–Crippen LogP) is 2.88. The van der Waals surface area contributed by atoms with Gasteiger partial charge in [0, 0.05) is 17.5 Å². The average molecular weight is 390 g/mol. The molecule has 0 saturated carbocycles. The highest BCUT2D eigenvalue weighted by Crippen LogP contribution is 2.32. The lowest BCUT2D eigenvalue weighted by Crippen LogP contribution is -2.41. The van der Waals surface area contributed by atoms with Crippen LogP contribution in [0.15, 0.2) is 54.7 Å². The topological polar surface area (TPSA) is 69.7 Å². The smallest absolute Gasteiger partial charge is 0.231 e. The molecule has 6 heteroatoms. The molecule has 1 fully saturated rings. The van der Waals surface area contributed by atoms with Crippen molar-refractivity contribution in [1.29, 1.82) is 0 Å². The molecule has 0 bridgehead atoms. The lowest BCUT2D eigenvalue weighted by molar-refractivity contribution is -0.121. The number of carbonyl (C=O) groups excluding carboxylic acids is 1. The lowest BCUT2D eigenvalue weighted by atomic mass is 9.93. The van der Waals surface area contributed by atoms with Crippen LogP contribution in [0.5, 0.6) is 11.5 Å². The zero-order valence-corrected chi connectivity index (χ0v) is 16.0. The molecule has 29 heavy (non-hydrogen) atoms. The molecule has 0 spiro atoms. The number of rotatable bonds is 5. The number of hydrogen-bond donors (Lipinski definition) is 1. The summed E-state index contributed by atoms with van der Waals surface area (Å²) in [5.74, 6) is 1.65. The first-order valence-corrected chi connectivity index (χ1v) is 9.84. The second kappa shape index (κ2) is 7.72. The Hall–Kier alpha value is -3.12. The summed E-state index contributed by atoms with van der Waals surface area (Å²) in [4.78, 5) is 17.1.